The average Bonchev–Trinajstić information content (AvgIpc) is 3.19. The summed E-state index contributed by atoms with van der Waals surface area (Å²) < 4.78 is 54.5. The summed E-state index contributed by atoms with van der Waals surface area (Å²) in [6.07, 6.45) is -2.12. The van der Waals surface area contributed by atoms with Crippen LogP contribution in [0.25, 0.3) is 0 Å². The monoisotopic (exact) mass is 580 g/mol. The van der Waals surface area contributed by atoms with Crippen molar-refractivity contribution in [2.75, 3.05) is 46.3 Å². The summed E-state index contributed by atoms with van der Waals surface area (Å²) in [5, 5.41) is 8.80. The first kappa shape index (κ1) is 32.7. The Kier molecular flexibility index (Phi) is 13.7. The number of nitrogens with zero attached hydrogens (tertiary/aromatic N) is 2. The average molecular weight is 581 g/mol. The van der Waals surface area contributed by atoms with E-state index < -0.39 is 57.8 Å². The van der Waals surface area contributed by atoms with Crippen LogP contribution in [0.2, 0.25) is 0 Å². The van der Waals surface area contributed by atoms with Crippen molar-refractivity contribution in [2.24, 2.45) is 11.4 Å². The molecule has 0 spiro atoms. The van der Waals surface area contributed by atoms with Crippen LogP contribution in [0, 0.1) is 24.2 Å². The molecule has 0 saturated carbocycles. The Morgan fingerprint density at radius 1 is 1.24 bits per heavy atom. The summed E-state index contributed by atoms with van der Waals surface area (Å²) in [7, 11) is -3.93. The minimum absolute atomic E-state index is 0.00590. The SMILES string of the molecule is CCOP(=O)(C[C@@H](C)[C@H]1O[C@@H](n2cc(C)c(=O)[nH]c2=O)[C@H](OCCOC)[C@@H]1OP(N)OCCC#N)OCC. The van der Waals surface area contributed by atoms with Crippen LogP contribution in [-0.4, -0.2) is 74.2 Å². The first-order valence-electron chi connectivity index (χ1n) is 12.3. The number of aryl methyl sites for hydroxylation is 1. The molecule has 1 aromatic rings. The van der Waals surface area contributed by atoms with Gasteiger partial charge in [0.25, 0.3) is 14.1 Å². The molecule has 16 heteroatoms. The molecule has 216 valence electrons. The molecule has 1 unspecified atom stereocenters. The summed E-state index contributed by atoms with van der Waals surface area (Å²) in [6, 6.07) is 1.97. The second-order valence-electron chi connectivity index (χ2n) is 8.50. The summed E-state index contributed by atoms with van der Waals surface area (Å²) in [5.74, 6) is -0.482. The van der Waals surface area contributed by atoms with Gasteiger partial charge in [0.2, 0.25) is 0 Å². The number of H-pyrrole nitrogens is 1. The molecule has 1 saturated heterocycles. The quantitative estimate of drug-likeness (QED) is 0.202. The van der Waals surface area contributed by atoms with Gasteiger partial charge >= 0.3 is 13.3 Å². The molecule has 0 bridgehead atoms. The number of nitrogens with one attached hydrogen (secondary N) is 1. The van der Waals surface area contributed by atoms with Crippen molar-refractivity contribution in [2.45, 2.75) is 58.7 Å². The summed E-state index contributed by atoms with van der Waals surface area (Å²) in [4.78, 5) is 27.0. The molecule has 6 atom stereocenters. The van der Waals surface area contributed by atoms with Crippen LogP contribution >= 0.6 is 16.1 Å². The first-order chi connectivity index (χ1) is 18.1. The Morgan fingerprint density at radius 3 is 2.53 bits per heavy atom. The molecule has 14 nitrogen and oxygen atoms in total. The lowest BCUT2D eigenvalue weighted by atomic mass is 10.00. The van der Waals surface area contributed by atoms with Crippen LogP contribution in [0.5, 0.6) is 0 Å². The van der Waals surface area contributed by atoms with Crippen LogP contribution in [0.4, 0.5) is 0 Å². The lowest BCUT2D eigenvalue weighted by Crippen LogP contribution is -2.42. The van der Waals surface area contributed by atoms with Gasteiger partial charge in [0.1, 0.15) is 12.2 Å². The molecule has 2 rings (SSSR count). The van der Waals surface area contributed by atoms with E-state index in [0.29, 0.717) is 0 Å². The molecular weight excluding hydrogens is 542 g/mol. The van der Waals surface area contributed by atoms with Gasteiger partial charge in [-0.2, -0.15) is 5.26 Å². The number of nitrogens with two attached hydrogens (primary N) is 1. The highest BCUT2D eigenvalue weighted by Crippen LogP contribution is 2.52. The van der Waals surface area contributed by atoms with Gasteiger partial charge in [0.15, 0.2) is 6.23 Å². The van der Waals surface area contributed by atoms with Crippen LogP contribution in [0.15, 0.2) is 15.8 Å². The Morgan fingerprint density at radius 2 is 1.92 bits per heavy atom. The zero-order valence-electron chi connectivity index (χ0n) is 22.4. The van der Waals surface area contributed by atoms with Crippen molar-refractivity contribution in [1.82, 2.24) is 9.55 Å². The molecule has 3 N–H and O–H groups in total. The van der Waals surface area contributed by atoms with Crippen molar-refractivity contribution in [3.05, 3.63) is 32.6 Å². The molecule has 1 fully saturated rings. The smallest absolute Gasteiger partial charge is 0.331 e. The van der Waals surface area contributed by atoms with Gasteiger partial charge in [0, 0.05) is 18.9 Å². The summed E-state index contributed by atoms with van der Waals surface area (Å²) in [6.45, 7) is 7.60. The number of ether oxygens (including phenoxy) is 3. The van der Waals surface area contributed by atoms with E-state index in [2.05, 4.69) is 4.98 Å². The van der Waals surface area contributed by atoms with Crippen LogP contribution in [0.1, 0.15) is 39.0 Å². The van der Waals surface area contributed by atoms with Crippen molar-refractivity contribution in [1.29, 1.82) is 5.26 Å². The third-order valence-corrected chi connectivity index (χ3v) is 8.84. The largest absolute Gasteiger partial charge is 0.382 e. The number of aromatic nitrogens is 2. The fraction of sp³-hybridized carbons (Fsp3) is 0.773. The van der Waals surface area contributed by atoms with Gasteiger partial charge in [-0.3, -0.25) is 24.4 Å². The predicted octanol–water partition coefficient (Wildman–Crippen LogP) is 2.18. The number of hydrogen-bond donors (Lipinski definition) is 2. The third kappa shape index (κ3) is 9.03. The Bertz CT molecular complexity index is 1070. The second-order valence-corrected chi connectivity index (χ2v) is 11.6. The van der Waals surface area contributed by atoms with Crippen molar-refractivity contribution >= 4 is 16.1 Å². The highest BCUT2D eigenvalue weighted by atomic mass is 31.2. The van der Waals surface area contributed by atoms with E-state index in [9.17, 15) is 14.2 Å². The van der Waals surface area contributed by atoms with E-state index in [4.69, 9.17) is 43.1 Å². The molecule has 0 amide bonds. The fourth-order valence-corrected chi connectivity index (χ4v) is 6.81. The van der Waals surface area contributed by atoms with Crippen molar-refractivity contribution in [3.63, 3.8) is 0 Å². The van der Waals surface area contributed by atoms with E-state index in [0.717, 1.165) is 0 Å². The maximum Gasteiger partial charge on any atom is 0.331 e. The lowest BCUT2D eigenvalue weighted by molar-refractivity contribution is -0.0810. The summed E-state index contributed by atoms with van der Waals surface area (Å²) >= 11 is 0. The minimum atomic E-state index is -3.48. The van der Waals surface area contributed by atoms with Gasteiger partial charge in [-0.25, -0.2) is 4.79 Å². The Balaban J connectivity index is 2.48. The third-order valence-electron chi connectivity index (χ3n) is 5.63. The van der Waals surface area contributed by atoms with Crippen molar-refractivity contribution in [3.8, 4) is 6.07 Å². The van der Waals surface area contributed by atoms with Gasteiger partial charge < -0.3 is 32.3 Å². The maximum atomic E-state index is 13.3. The highest BCUT2D eigenvalue weighted by molar-refractivity contribution is 7.53. The maximum absolute atomic E-state index is 13.3. The number of hydrogen-bond acceptors (Lipinski definition) is 12. The second kappa shape index (κ2) is 15.9. The summed E-state index contributed by atoms with van der Waals surface area (Å²) in [5.41, 5.74) is 5.17. The van der Waals surface area contributed by atoms with E-state index in [1.807, 2.05) is 6.07 Å². The number of rotatable bonds is 17. The van der Waals surface area contributed by atoms with E-state index >= 15 is 0 Å². The van der Waals surface area contributed by atoms with E-state index in [-0.39, 0.29) is 51.2 Å². The highest BCUT2D eigenvalue weighted by Gasteiger charge is 2.51. The topological polar surface area (TPSA) is 186 Å². The normalized spacial score (nSPS) is 23.3. The molecular formula is C22H38N4O10P2. The predicted molar refractivity (Wildman–Crippen MR) is 139 cm³/mol. The zero-order valence-corrected chi connectivity index (χ0v) is 24.2. The molecule has 1 aliphatic heterocycles. The number of aromatic amines is 1. The molecule has 1 aliphatic rings. The van der Waals surface area contributed by atoms with Crippen LogP contribution in [0.3, 0.4) is 0 Å². The van der Waals surface area contributed by atoms with Crippen LogP contribution < -0.4 is 16.8 Å². The Hall–Kier alpha value is -1.49. The van der Waals surface area contributed by atoms with Gasteiger partial charge in [-0.1, -0.05) is 6.92 Å². The molecule has 1 aromatic heterocycles. The van der Waals surface area contributed by atoms with Gasteiger partial charge in [-0.05, 0) is 26.7 Å². The minimum Gasteiger partial charge on any atom is -0.382 e. The fourth-order valence-electron chi connectivity index (χ4n) is 4.01. The molecule has 0 radical (unpaired) electrons. The first-order valence-corrected chi connectivity index (χ1v) is 15.3. The van der Waals surface area contributed by atoms with E-state index in [1.54, 1.807) is 27.7 Å². The molecule has 38 heavy (non-hydrogen) atoms. The van der Waals surface area contributed by atoms with Crippen molar-refractivity contribution < 1.29 is 36.9 Å². The molecule has 0 aliphatic carbocycles. The Labute approximate surface area is 223 Å². The van der Waals surface area contributed by atoms with E-state index in [1.165, 1.54) is 17.9 Å². The number of methoxy groups -OCH3 is 1. The van der Waals surface area contributed by atoms with Gasteiger partial charge in [0.05, 0.1) is 57.8 Å². The van der Waals surface area contributed by atoms with Crippen LogP contribution in [-0.2, 0) is 36.9 Å². The standard InChI is InChI=1S/C22H38N4O10P2/c1-6-33-38(29,34-7-2)14-16(4)17-18(36-37(24)32-10-8-9-23)19(31-12-11-30-5)21(35-17)26-13-15(3)20(27)25-22(26)28/h13,16-19,21H,6-8,10-12,14,24H2,1-5H3,(H,25,27,28)/t16-,17-,18-,19-,21-,37?/m1/s1. The zero-order chi connectivity index (χ0) is 28.3. The molecule has 0 aromatic carbocycles. The molecule has 2 heterocycles. The number of nitriles is 1. The van der Waals surface area contributed by atoms with Gasteiger partial charge in [-0.15, -0.1) is 0 Å². The lowest BCUT2D eigenvalue weighted by Gasteiger charge is -2.30.